The number of halogens is 1. The van der Waals surface area contributed by atoms with Crippen molar-refractivity contribution >= 4 is 33.2 Å². The number of benzene rings is 1. The van der Waals surface area contributed by atoms with Crippen LogP contribution >= 0.6 is 11.6 Å². The molecule has 0 aromatic heterocycles. The molecule has 0 saturated carbocycles. The highest BCUT2D eigenvalue weighted by Crippen LogP contribution is 2.26. The highest BCUT2D eigenvalue weighted by Gasteiger charge is 2.30. The average Bonchev–Trinajstić information content (AvgIpc) is 2.52. The number of piperidine rings is 1. The van der Waals surface area contributed by atoms with Gasteiger partial charge in [-0.3, -0.25) is 4.79 Å². The molecule has 2 rings (SSSR count). The van der Waals surface area contributed by atoms with Crippen LogP contribution < -0.4 is 5.32 Å². The Kier molecular flexibility index (Phi) is 6.06. The number of rotatable bonds is 5. The third kappa shape index (κ3) is 4.46. The van der Waals surface area contributed by atoms with Crippen LogP contribution in [0.25, 0.3) is 0 Å². The van der Waals surface area contributed by atoms with Gasteiger partial charge in [0.2, 0.25) is 15.9 Å². The minimum absolute atomic E-state index is 0.0668. The Balaban J connectivity index is 1.95. The number of nitrogens with one attached hydrogen (secondary N) is 1. The third-order valence-electron chi connectivity index (χ3n) is 4.21. The molecule has 5 nitrogen and oxygen atoms in total. The molecular formula is C16H23ClN2O3S. The third-order valence-corrected chi connectivity index (χ3v) is 6.69. The second-order valence-electron chi connectivity index (χ2n) is 5.89. The predicted molar refractivity (Wildman–Crippen MR) is 93.2 cm³/mol. The number of hydrogen-bond acceptors (Lipinski definition) is 3. The summed E-state index contributed by atoms with van der Waals surface area (Å²) in [6.45, 7) is 4.53. The average molecular weight is 359 g/mol. The van der Waals surface area contributed by atoms with Crippen LogP contribution in [0.5, 0.6) is 0 Å². The van der Waals surface area contributed by atoms with Crippen LogP contribution in [0.15, 0.2) is 18.2 Å². The SMILES string of the molecule is CCCS(=O)(=O)N1CCC(C(=O)Nc2cccc(Cl)c2C)CC1. The Morgan fingerprint density at radius 2 is 2.00 bits per heavy atom. The molecule has 1 amide bonds. The van der Waals surface area contributed by atoms with E-state index in [1.165, 1.54) is 4.31 Å². The molecule has 1 heterocycles. The number of hydrogen-bond donors (Lipinski definition) is 1. The van der Waals surface area contributed by atoms with Gasteiger partial charge in [-0.15, -0.1) is 0 Å². The topological polar surface area (TPSA) is 66.5 Å². The van der Waals surface area contributed by atoms with Gasteiger partial charge in [-0.2, -0.15) is 0 Å². The molecule has 0 spiro atoms. The van der Waals surface area contributed by atoms with Gasteiger partial charge in [-0.1, -0.05) is 24.6 Å². The maximum atomic E-state index is 12.4. The first-order chi connectivity index (χ1) is 10.8. The smallest absolute Gasteiger partial charge is 0.227 e. The minimum atomic E-state index is -3.17. The molecule has 1 aliphatic heterocycles. The number of nitrogens with zero attached hydrogens (tertiary/aromatic N) is 1. The molecule has 0 radical (unpaired) electrons. The monoisotopic (exact) mass is 358 g/mol. The van der Waals surface area contributed by atoms with E-state index < -0.39 is 10.0 Å². The Labute approximate surface area is 143 Å². The summed E-state index contributed by atoms with van der Waals surface area (Å²) in [6.07, 6.45) is 1.71. The van der Waals surface area contributed by atoms with Gasteiger partial charge >= 0.3 is 0 Å². The second-order valence-corrected chi connectivity index (χ2v) is 8.39. The summed E-state index contributed by atoms with van der Waals surface area (Å²) in [5.74, 6) is -0.0599. The summed E-state index contributed by atoms with van der Waals surface area (Å²) in [4.78, 5) is 12.4. The molecule has 1 aromatic carbocycles. The molecule has 0 aliphatic carbocycles. The van der Waals surface area contributed by atoms with E-state index in [-0.39, 0.29) is 17.6 Å². The lowest BCUT2D eigenvalue weighted by molar-refractivity contribution is -0.120. The van der Waals surface area contributed by atoms with Crippen molar-refractivity contribution < 1.29 is 13.2 Å². The quantitative estimate of drug-likeness (QED) is 0.879. The molecule has 23 heavy (non-hydrogen) atoms. The van der Waals surface area contributed by atoms with Crippen LogP contribution in [0.3, 0.4) is 0 Å². The van der Waals surface area contributed by atoms with Crippen molar-refractivity contribution in [3.8, 4) is 0 Å². The number of sulfonamides is 1. The first-order valence-electron chi connectivity index (χ1n) is 7.89. The van der Waals surface area contributed by atoms with Crippen molar-refractivity contribution in [3.05, 3.63) is 28.8 Å². The summed E-state index contributed by atoms with van der Waals surface area (Å²) in [7, 11) is -3.17. The zero-order chi connectivity index (χ0) is 17.0. The van der Waals surface area contributed by atoms with E-state index in [1.807, 2.05) is 19.9 Å². The van der Waals surface area contributed by atoms with Gasteiger partial charge in [0.15, 0.2) is 0 Å². The predicted octanol–water partition coefficient (Wildman–Crippen LogP) is 3.04. The highest BCUT2D eigenvalue weighted by atomic mass is 35.5. The summed E-state index contributed by atoms with van der Waals surface area (Å²) in [6, 6.07) is 5.40. The Morgan fingerprint density at radius 1 is 1.35 bits per heavy atom. The fraction of sp³-hybridized carbons (Fsp3) is 0.562. The van der Waals surface area contributed by atoms with Crippen LogP contribution in [0.4, 0.5) is 5.69 Å². The molecular weight excluding hydrogens is 336 g/mol. The minimum Gasteiger partial charge on any atom is -0.326 e. The molecule has 1 N–H and O–H groups in total. The van der Waals surface area contributed by atoms with Crippen molar-refractivity contribution in [1.82, 2.24) is 4.31 Å². The zero-order valence-electron chi connectivity index (χ0n) is 13.5. The number of carbonyl (C=O) groups is 1. The standard InChI is InChI=1S/C16H23ClN2O3S/c1-3-11-23(21,22)19-9-7-13(8-10-19)16(20)18-15-6-4-5-14(17)12(15)2/h4-6,13H,3,7-11H2,1-2H3,(H,18,20). The van der Waals surface area contributed by atoms with Gasteiger partial charge in [0.25, 0.3) is 0 Å². The number of anilines is 1. The molecule has 1 fully saturated rings. The van der Waals surface area contributed by atoms with Gasteiger partial charge in [0.05, 0.1) is 5.75 Å². The van der Waals surface area contributed by atoms with Gasteiger partial charge in [-0.25, -0.2) is 12.7 Å². The molecule has 0 atom stereocenters. The van der Waals surface area contributed by atoms with Crippen molar-refractivity contribution in [2.45, 2.75) is 33.1 Å². The van der Waals surface area contributed by atoms with E-state index in [4.69, 9.17) is 11.6 Å². The van der Waals surface area contributed by atoms with E-state index in [0.717, 1.165) is 5.56 Å². The highest BCUT2D eigenvalue weighted by molar-refractivity contribution is 7.89. The Bertz CT molecular complexity index is 668. The lowest BCUT2D eigenvalue weighted by atomic mass is 9.97. The molecule has 1 saturated heterocycles. The van der Waals surface area contributed by atoms with Gasteiger partial charge < -0.3 is 5.32 Å². The van der Waals surface area contributed by atoms with Crippen LogP contribution in [-0.4, -0.2) is 37.5 Å². The fourth-order valence-corrected chi connectivity index (χ4v) is 4.48. The molecule has 1 aromatic rings. The van der Waals surface area contributed by atoms with E-state index in [2.05, 4.69) is 5.32 Å². The first-order valence-corrected chi connectivity index (χ1v) is 9.87. The van der Waals surface area contributed by atoms with Crippen LogP contribution in [0.2, 0.25) is 5.02 Å². The maximum absolute atomic E-state index is 12.4. The normalized spacial score (nSPS) is 17.2. The largest absolute Gasteiger partial charge is 0.326 e. The Hall–Kier alpha value is -1.11. The van der Waals surface area contributed by atoms with Gasteiger partial charge in [-0.05, 0) is 43.9 Å². The molecule has 0 unspecified atom stereocenters. The van der Waals surface area contributed by atoms with Crippen LogP contribution in [-0.2, 0) is 14.8 Å². The molecule has 1 aliphatic rings. The van der Waals surface area contributed by atoms with E-state index in [0.29, 0.717) is 43.1 Å². The summed E-state index contributed by atoms with van der Waals surface area (Å²) in [5.41, 5.74) is 1.55. The van der Waals surface area contributed by atoms with Crippen molar-refractivity contribution in [3.63, 3.8) is 0 Å². The molecule has 128 valence electrons. The van der Waals surface area contributed by atoms with Crippen LogP contribution in [0, 0.1) is 12.8 Å². The summed E-state index contributed by atoms with van der Waals surface area (Å²) in [5, 5.41) is 3.52. The van der Waals surface area contributed by atoms with E-state index >= 15 is 0 Å². The van der Waals surface area contributed by atoms with Crippen molar-refractivity contribution in [2.24, 2.45) is 5.92 Å². The maximum Gasteiger partial charge on any atom is 0.227 e. The first kappa shape index (κ1) is 18.2. The zero-order valence-corrected chi connectivity index (χ0v) is 15.1. The Morgan fingerprint density at radius 3 is 2.61 bits per heavy atom. The van der Waals surface area contributed by atoms with Crippen molar-refractivity contribution in [2.75, 3.05) is 24.2 Å². The lowest BCUT2D eigenvalue weighted by Gasteiger charge is -2.30. The van der Waals surface area contributed by atoms with Crippen LogP contribution in [0.1, 0.15) is 31.7 Å². The molecule has 0 bridgehead atoms. The number of carbonyl (C=O) groups excluding carboxylic acids is 1. The van der Waals surface area contributed by atoms with Crippen molar-refractivity contribution in [1.29, 1.82) is 0 Å². The number of amides is 1. The lowest BCUT2D eigenvalue weighted by Crippen LogP contribution is -2.42. The van der Waals surface area contributed by atoms with E-state index in [9.17, 15) is 13.2 Å². The van der Waals surface area contributed by atoms with E-state index in [1.54, 1.807) is 12.1 Å². The fourth-order valence-electron chi connectivity index (χ4n) is 2.76. The van der Waals surface area contributed by atoms with Gasteiger partial charge in [0.1, 0.15) is 0 Å². The summed E-state index contributed by atoms with van der Waals surface area (Å²) < 4.78 is 25.6. The molecule has 7 heteroatoms. The van der Waals surface area contributed by atoms with Gasteiger partial charge in [0, 0.05) is 29.7 Å². The second kappa shape index (κ2) is 7.64. The summed E-state index contributed by atoms with van der Waals surface area (Å²) >= 11 is 6.06.